The van der Waals surface area contributed by atoms with Crippen molar-refractivity contribution in [1.82, 2.24) is 0 Å². The standard InChI is InChI=1S/C84H134NO8P/c1-6-8-10-12-14-16-18-20-22-24-26-28-30-32-34-36-37-38-39-40-41-42-43-44-45-46-47-49-51-53-55-57-59-61-63-65-67-69-71-73-75-77-84(87)93-82(81-92-94(88,89)91-79-78-85(3,4)5)80-90-83(86)76-74-72-70-68-66-64-62-60-58-56-54-52-50-48-35-33-31-29-27-25-23-21-19-17-15-13-11-9-7-2/h8-11,14-17,20-23,26-29,32-35,37-38,40-41,43-44,46-47,50-53,56,58,82H,6-7,12-13,18-19,24-25,30-31,36,39,42,45,48-49,54-55,57,59-81H2,1-5H3/p+1/b10-8-,11-9-,16-14-,17-15-,22-20-,23-21-,28-26-,29-27-,34-32-,35-33-,38-37-,41-40-,44-43-,47-46-,52-50-,53-51-,58-56-. The molecule has 2 unspecified atom stereocenters. The fraction of sp³-hybridized carbons (Fsp3) is 0.571. The number of quaternary nitrogens is 1. The second kappa shape index (κ2) is 71.9. The van der Waals surface area contributed by atoms with Gasteiger partial charge in [-0.2, -0.15) is 0 Å². The van der Waals surface area contributed by atoms with Gasteiger partial charge in [0, 0.05) is 12.8 Å². The van der Waals surface area contributed by atoms with E-state index >= 15 is 0 Å². The van der Waals surface area contributed by atoms with Crippen molar-refractivity contribution in [2.24, 2.45) is 0 Å². The van der Waals surface area contributed by atoms with Crippen LogP contribution in [-0.2, 0) is 32.7 Å². The number of nitrogens with zero attached hydrogens (tertiary/aromatic N) is 1. The summed E-state index contributed by atoms with van der Waals surface area (Å²) in [6.45, 7) is 4.17. The van der Waals surface area contributed by atoms with E-state index in [1.165, 1.54) is 57.8 Å². The van der Waals surface area contributed by atoms with Crippen LogP contribution in [0.4, 0.5) is 0 Å². The number of hydrogen-bond acceptors (Lipinski definition) is 7. The lowest BCUT2D eigenvalue weighted by Crippen LogP contribution is -2.37. The van der Waals surface area contributed by atoms with Gasteiger partial charge >= 0.3 is 19.8 Å². The zero-order valence-electron chi connectivity index (χ0n) is 60.1. The molecule has 1 N–H and O–H groups in total. The summed E-state index contributed by atoms with van der Waals surface area (Å²) >= 11 is 0. The first-order chi connectivity index (χ1) is 46.0. The van der Waals surface area contributed by atoms with Gasteiger partial charge in [0.1, 0.15) is 19.8 Å². The van der Waals surface area contributed by atoms with Crippen LogP contribution >= 0.6 is 7.82 Å². The van der Waals surface area contributed by atoms with Crippen LogP contribution in [0.25, 0.3) is 0 Å². The number of ether oxygens (including phenoxy) is 2. The third-order valence-corrected chi connectivity index (χ3v) is 15.8. The molecule has 0 radical (unpaired) electrons. The van der Waals surface area contributed by atoms with Gasteiger partial charge in [-0.1, -0.05) is 304 Å². The molecule has 0 amide bonds. The van der Waals surface area contributed by atoms with E-state index in [-0.39, 0.29) is 32.0 Å². The molecule has 10 heteroatoms. The van der Waals surface area contributed by atoms with Gasteiger partial charge in [0.25, 0.3) is 0 Å². The molecule has 0 bridgehead atoms. The summed E-state index contributed by atoms with van der Waals surface area (Å²) in [5.74, 6) is -0.828. The molecule has 0 spiro atoms. The Morgan fingerprint density at radius 2 is 0.574 bits per heavy atom. The zero-order valence-corrected chi connectivity index (χ0v) is 61.0. The Bertz CT molecular complexity index is 2340. The average Bonchev–Trinajstić information content (AvgIpc) is 1.57. The Kier molecular flexibility index (Phi) is 67.7. The van der Waals surface area contributed by atoms with Crippen molar-refractivity contribution in [3.05, 3.63) is 207 Å². The molecule has 0 aliphatic rings. The van der Waals surface area contributed by atoms with Gasteiger partial charge in [0.15, 0.2) is 6.10 Å². The van der Waals surface area contributed by atoms with Crippen LogP contribution < -0.4 is 0 Å². The molecule has 528 valence electrons. The highest BCUT2D eigenvalue weighted by molar-refractivity contribution is 7.47. The van der Waals surface area contributed by atoms with Crippen LogP contribution in [0, 0.1) is 0 Å². The lowest BCUT2D eigenvalue weighted by Gasteiger charge is -2.24. The summed E-state index contributed by atoms with van der Waals surface area (Å²) in [4.78, 5) is 35.9. The normalized spacial score (nSPS) is 14.3. The number of phosphoric acid groups is 1. The largest absolute Gasteiger partial charge is 0.472 e. The second-order valence-corrected chi connectivity index (χ2v) is 26.3. The number of allylic oxidation sites excluding steroid dienone is 34. The Labute approximate surface area is 576 Å². The van der Waals surface area contributed by atoms with Crippen LogP contribution in [-0.4, -0.2) is 74.9 Å². The fourth-order valence-corrected chi connectivity index (χ4v) is 10.0. The summed E-state index contributed by atoms with van der Waals surface area (Å²) in [5.41, 5.74) is 0. The van der Waals surface area contributed by atoms with Crippen LogP contribution in [0.5, 0.6) is 0 Å². The first kappa shape index (κ1) is 88.6. The minimum atomic E-state index is -4.41. The Balaban J connectivity index is 4.14. The maximum atomic E-state index is 12.9. The number of likely N-dealkylation sites (N-methyl/N-ethyl adjacent to an activating group) is 1. The maximum Gasteiger partial charge on any atom is 0.472 e. The van der Waals surface area contributed by atoms with E-state index in [9.17, 15) is 19.0 Å². The summed E-state index contributed by atoms with van der Waals surface area (Å²) in [6, 6.07) is 0. The molecule has 0 aliphatic carbocycles. The van der Waals surface area contributed by atoms with Gasteiger partial charge in [0.2, 0.25) is 0 Å². The summed E-state index contributed by atoms with van der Waals surface area (Å²) in [7, 11) is 1.44. The topological polar surface area (TPSA) is 108 Å². The van der Waals surface area contributed by atoms with Crippen LogP contribution in [0.15, 0.2) is 207 Å². The quantitative estimate of drug-likeness (QED) is 0.0211. The van der Waals surface area contributed by atoms with E-state index in [0.29, 0.717) is 23.9 Å². The average molecular weight is 1320 g/mol. The molecular weight excluding hydrogens is 1180 g/mol. The maximum absolute atomic E-state index is 12.9. The Hall–Kier alpha value is -5.41. The molecule has 0 aromatic rings. The Morgan fingerprint density at radius 1 is 0.330 bits per heavy atom. The van der Waals surface area contributed by atoms with E-state index in [1.54, 1.807) is 0 Å². The van der Waals surface area contributed by atoms with Crippen molar-refractivity contribution in [1.29, 1.82) is 0 Å². The van der Waals surface area contributed by atoms with Crippen molar-refractivity contribution in [2.45, 2.75) is 264 Å². The van der Waals surface area contributed by atoms with Gasteiger partial charge in [-0.15, -0.1) is 0 Å². The number of esters is 2. The molecule has 0 aromatic heterocycles. The predicted molar refractivity (Wildman–Crippen MR) is 408 cm³/mol. The lowest BCUT2D eigenvalue weighted by atomic mass is 10.0. The van der Waals surface area contributed by atoms with Gasteiger partial charge in [-0.05, 0) is 148 Å². The number of phosphoric ester groups is 1. The summed E-state index contributed by atoms with van der Waals surface area (Å²) < 4.78 is 34.7. The van der Waals surface area contributed by atoms with Crippen molar-refractivity contribution < 1.29 is 42.1 Å². The van der Waals surface area contributed by atoms with Crippen LogP contribution in [0.2, 0.25) is 0 Å². The number of rotatable bonds is 65. The lowest BCUT2D eigenvalue weighted by molar-refractivity contribution is -0.870. The van der Waals surface area contributed by atoms with Crippen LogP contribution in [0.1, 0.15) is 258 Å². The molecular formula is C84H135NO8P+. The van der Waals surface area contributed by atoms with Crippen molar-refractivity contribution in [2.75, 3.05) is 47.5 Å². The SMILES string of the molecule is CC/C=C\C/C=C\C/C=C\C/C=C\C/C=C\C/C=C\C/C=C\C/C=C\C/C=C\C/C=C\CCCCCCCCCCCCC(=O)OC(COC(=O)CCCCCCCCC/C=C\C/C=C\C/C=C\C/C=C\C/C=C\C/C=C\C/C=C\CC)COP(=O)(O)OCC[N+](C)(C)C. The number of carbonyl (C=O) groups is 2. The second-order valence-electron chi connectivity index (χ2n) is 24.9. The third-order valence-electron chi connectivity index (χ3n) is 14.8. The highest BCUT2D eigenvalue weighted by Crippen LogP contribution is 2.43. The molecule has 0 aromatic carbocycles. The first-order valence-electron chi connectivity index (χ1n) is 36.8. The monoisotopic (exact) mass is 1320 g/mol. The molecule has 0 saturated heterocycles. The van der Waals surface area contributed by atoms with Gasteiger partial charge in [-0.3, -0.25) is 18.6 Å². The molecule has 0 rings (SSSR count). The summed E-state index contributed by atoms with van der Waals surface area (Å²) in [6.07, 6.45) is 114. The fourth-order valence-electron chi connectivity index (χ4n) is 9.26. The van der Waals surface area contributed by atoms with Crippen molar-refractivity contribution >= 4 is 19.8 Å². The van der Waals surface area contributed by atoms with Crippen molar-refractivity contribution in [3.63, 3.8) is 0 Å². The molecule has 94 heavy (non-hydrogen) atoms. The number of carbonyl (C=O) groups excluding carboxylic acids is 2. The third kappa shape index (κ3) is 75.6. The van der Waals surface area contributed by atoms with E-state index in [4.69, 9.17) is 18.5 Å². The number of hydrogen-bond donors (Lipinski definition) is 1. The first-order valence-corrected chi connectivity index (χ1v) is 38.3. The zero-order chi connectivity index (χ0) is 68.3. The van der Waals surface area contributed by atoms with E-state index in [1.807, 2.05) is 21.1 Å². The molecule has 0 aliphatic heterocycles. The van der Waals surface area contributed by atoms with E-state index in [0.717, 1.165) is 161 Å². The number of unbranched alkanes of at least 4 members (excludes halogenated alkanes) is 17. The van der Waals surface area contributed by atoms with Crippen molar-refractivity contribution in [3.8, 4) is 0 Å². The molecule has 0 heterocycles. The highest BCUT2D eigenvalue weighted by Gasteiger charge is 2.27. The minimum absolute atomic E-state index is 0.0180. The minimum Gasteiger partial charge on any atom is -0.462 e. The Morgan fingerprint density at radius 3 is 0.851 bits per heavy atom. The molecule has 2 atom stereocenters. The molecule has 0 saturated carbocycles. The molecule has 0 fully saturated rings. The smallest absolute Gasteiger partial charge is 0.462 e. The summed E-state index contributed by atoms with van der Waals surface area (Å²) in [5, 5.41) is 0. The predicted octanol–water partition coefficient (Wildman–Crippen LogP) is 24.6. The van der Waals surface area contributed by atoms with E-state index < -0.39 is 26.5 Å². The molecule has 9 nitrogen and oxygen atoms in total. The highest BCUT2D eigenvalue weighted by atomic mass is 31.2. The van der Waals surface area contributed by atoms with Gasteiger partial charge in [0.05, 0.1) is 27.7 Å². The van der Waals surface area contributed by atoms with Gasteiger partial charge in [-0.25, -0.2) is 4.57 Å². The van der Waals surface area contributed by atoms with Gasteiger partial charge < -0.3 is 18.9 Å². The van der Waals surface area contributed by atoms with Crippen LogP contribution in [0.3, 0.4) is 0 Å². The van der Waals surface area contributed by atoms with E-state index in [2.05, 4.69) is 220 Å².